The summed E-state index contributed by atoms with van der Waals surface area (Å²) < 4.78 is 1.06. The lowest BCUT2D eigenvalue weighted by Gasteiger charge is -2.14. The van der Waals surface area contributed by atoms with Crippen LogP contribution in [0.3, 0.4) is 0 Å². The van der Waals surface area contributed by atoms with Crippen LogP contribution in [0.2, 0.25) is 0 Å². The molecule has 1 aromatic heterocycles. The van der Waals surface area contributed by atoms with Gasteiger partial charge in [0.05, 0.1) is 5.52 Å². The topological polar surface area (TPSA) is 16.1 Å². The van der Waals surface area contributed by atoms with Crippen molar-refractivity contribution >= 4 is 32.5 Å². The second-order valence-electron chi connectivity index (χ2n) is 3.39. The maximum absolute atomic E-state index is 4.33. The molecule has 0 unspecified atom stereocenters. The van der Waals surface area contributed by atoms with E-state index in [1.54, 1.807) is 0 Å². The van der Waals surface area contributed by atoms with Crippen molar-refractivity contribution in [3.8, 4) is 0 Å². The van der Waals surface area contributed by atoms with E-state index in [0.29, 0.717) is 0 Å². The Balaban J connectivity index is 2.75. The van der Waals surface area contributed by atoms with Gasteiger partial charge in [0.1, 0.15) is 0 Å². The molecule has 2 rings (SSSR count). The molecule has 0 radical (unpaired) electrons. The van der Waals surface area contributed by atoms with E-state index in [-0.39, 0.29) is 0 Å². The van der Waals surface area contributed by atoms with Crippen LogP contribution in [0, 0.1) is 0 Å². The number of hydrogen-bond donors (Lipinski definition) is 0. The minimum atomic E-state index is 1.02. The molecule has 0 saturated heterocycles. The van der Waals surface area contributed by atoms with Crippen LogP contribution in [0.1, 0.15) is 0 Å². The van der Waals surface area contributed by atoms with Crippen molar-refractivity contribution in [1.82, 2.24) is 4.98 Å². The molecule has 2 aromatic rings. The first-order chi connectivity index (χ1) is 6.68. The Bertz CT molecular complexity index is 466. The fourth-order valence-electron chi connectivity index (χ4n) is 1.50. The summed E-state index contributed by atoms with van der Waals surface area (Å²) in [5.41, 5.74) is 2.22. The van der Waals surface area contributed by atoms with Gasteiger partial charge in [-0.15, -0.1) is 0 Å². The summed E-state index contributed by atoms with van der Waals surface area (Å²) in [5.74, 6) is 0. The lowest BCUT2D eigenvalue weighted by Crippen LogP contribution is -2.09. The normalized spacial score (nSPS) is 10.5. The van der Waals surface area contributed by atoms with Gasteiger partial charge in [-0.25, -0.2) is 0 Å². The molecule has 0 aliphatic heterocycles. The van der Waals surface area contributed by atoms with Crippen molar-refractivity contribution in [2.24, 2.45) is 0 Å². The summed E-state index contributed by atoms with van der Waals surface area (Å²) in [6, 6.07) is 8.18. The molecule has 72 valence electrons. The number of fused-ring (bicyclic) bond motifs is 1. The number of benzene rings is 1. The minimum Gasteiger partial charge on any atom is -0.377 e. The summed E-state index contributed by atoms with van der Waals surface area (Å²) >= 11 is 3.44. The Morgan fingerprint density at radius 2 is 2.00 bits per heavy atom. The van der Waals surface area contributed by atoms with Crippen LogP contribution in [0.15, 0.2) is 34.9 Å². The van der Waals surface area contributed by atoms with E-state index in [4.69, 9.17) is 0 Å². The Kier molecular flexibility index (Phi) is 2.42. The molecule has 0 spiro atoms. The van der Waals surface area contributed by atoms with E-state index < -0.39 is 0 Å². The van der Waals surface area contributed by atoms with Crippen molar-refractivity contribution in [3.63, 3.8) is 0 Å². The summed E-state index contributed by atoms with van der Waals surface area (Å²) in [6.45, 7) is 0. The van der Waals surface area contributed by atoms with Crippen LogP contribution < -0.4 is 4.90 Å². The number of pyridine rings is 1. The highest BCUT2D eigenvalue weighted by atomic mass is 79.9. The maximum Gasteiger partial charge on any atom is 0.0734 e. The summed E-state index contributed by atoms with van der Waals surface area (Å²) in [5, 5.41) is 1.18. The minimum absolute atomic E-state index is 1.02. The SMILES string of the molecule is CN(C)c1ccnc2cc(Br)ccc12. The predicted molar refractivity (Wildman–Crippen MR) is 63.8 cm³/mol. The smallest absolute Gasteiger partial charge is 0.0734 e. The number of aromatic nitrogens is 1. The molecular weight excluding hydrogens is 240 g/mol. The zero-order chi connectivity index (χ0) is 10.1. The van der Waals surface area contributed by atoms with Crippen molar-refractivity contribution in [2.75, 3.05) is 19.0 Å². The number of nitrogens with zero attached hydrogens (tertiary/aromatic N) is 2. The molecule has 0 bridgehead atoms. The van der Waals surface area contributed by atoms with Crippen LogP contribution in [0.25, 0.3) is 10.9 Å². The molecule has 3 heteroatoms. The molecule has 14 heavy (non-hydrogen) atoms. The highest BCUT2D eigenvalue weighted by molar-refractivity contribution is 9.10. The van der Waals surface area contributed by atoms with Gasteiger partial charge in [-0.05, 0) is 24.3 Å². The Hall–Kier alpha value is -1.09. The average Bonchev–Trinajstić information content (AvgIpc) is 2.16. The standard InChI is InChI=1S/C11H11BrN2/c1-14(2)11-5-6-13-10-7-8(12)3-4-9(10)11/h3-7H,1-2H3. The molecule has 0 aliphatic carbocycles. The van der Waals surface area contributed by atoms with E-state index >= 15 is 0 Å². The zero-order valence-corrected chi connectivity index (χ0v) is 9.75. The maximum atomic E-state index is 4.33. The van der Waals surface area contributed by atoms with Crippen LogP contribution >= 0.6 is 15.9 Å². The third-order valence-corrected chi connectivity index (χ3v) is 2.66. The predicted octanol–water partition coefficient (Wildman–Crippen LogP) is 3.06. The van der Waals surface area contributed by atoms with Crippen molar-refractivity contribution in [3.05, 3.63) is 34.9 Å². The number of halogens is 1. The van der Waals surface area contributed by atoms with E-state index in [0.717, 1.165) is 9.99 Å². The fraction of sp³-hybridized carbons (Fsp3) is 0.182. The van der Waals surface area contributed by atoms with Gasteiger partial charge in [-0.3, -0.25) is 4.98 Å². The third-order valence-electron chi connectivity index (χ3n) is 2.16. The number of anilines is 1. The summed E-state index contributed by atoms with van der Waals surface area (Å²) in [4.78, 5) is 6.42. The highest BCUT2D eigenvalue weighted by Gasteiger charge is 2.03. The van der Waals surface area contributed by atoms with Crippen LogP contribution in [0.5, 0.6) is 0 Å². The molecule has 1 aromatic carbocycles. The van der Waals surface area contributed by atoms with Gasteiger partial charge in [0.25, 0.3) is 0 Å². The molecule has 1 heterocycles. The summed E-state index contributed by atoms with van der Waals surface area (Å²) in [6.07, 6.45) is 1.84. The Labute approximate surface area is 91.7 Å². The van der Waals surface area contributed by atoms with Crippen LogP contribution in [-0.2, 0) is 0 Å². The van der Waals surface area contributed by atoms with E-state index in [1.165, 1.54) is 11.1 Å². The molecule has 2 nitrogen and oxygen atoms in total. The van der Waals surface area contributed by atoms with Crippen molar-refractivity contribution in [1.29, 1.82) is 0 Å². The second-order valence-corrected chi connectivity index (χ2v) is 4.30. The quantitative estimate of drug-likeness (QED) is 0.774. The van der Waals surface area contributed by atoms with Gasteiger partial charge in [0, 0.05) is 35.8 Å². The molecule has 0 atom stereocenters. The first kappa shape index (κ1) is 9.46. The summed E-state index contributed by atoms with van der Waals surface area (Å²) in [7, 11) is 4.08. The average molecular weight is 251 g/mol. The lowest BCUT2D eigenvalue weighted by atomic mass is 10.2. The van der Waals surface area contributed by atoms with E-state index in [9.17, 15) is 0 Å². The van der Waals surface area contributed by atoms with Gasteiger partial charge in [0.2, 0.25) is 0 Å². The van der Waals surface area contributed by atoms with Gasteiger partial charge in [-0.1, -0.05) is 15.9 Å². The number of rotatable bonds is 1. The number of hydrogen-bond acceptors (Lipinski definition) is 2. The monoisotopic (exact) mass is 250 g/mol. The molecule has 0 N–H and O–H groups in total. The van der Waals surface area contributed by atoms with Gasteiger partial charge < -0.3 is 4.90 Å². The first-order valence-corrected chi connectivity index (χ1v) is 5.19. The molecule has 0 amide bonds. The molecular formula is C11H11BrN2. The molecule has 0 aliphatic rings. The lowest BCUT2D eigenvalue weighted by molar-refractivity contribution is 1.14. The van der Waals surface area contributed by atoms with Gasteiger partial charge in [0.15, 0.2) is 0 Å². The van der Waals surface area contributed by atoms with E-state index in [2.05, 4.69) is 31.9 Å². The zero-order valence-electron chi connectivity index (χ0n) is 8.16. The Morgan fingerprint density at radius 3 is 2.71 bits per heavy atom. The van der Waals surface area contributed by atoms with Gasteiger partial charge in [-0.2, -0.15) is 0 Å². The highest BCUT2D eigenvalue weighted by Crippen LogP contribution is 2.25. The molecule has 0 fully saturated rings. The largest absolute Gasteiger partial charge is 0.377 e. The van der Waals surface area contributed by atoms with Crippen molar-refractivity contribution in [2.45, 2.75) is 0 Å². The molecule has 0 saturated carbocycles. The third kappa shape index (κ3) is 1.60. The van der Waals surface area contributed by atoms with E-state index in [1.807, 2.05) is 38.5 Å². The Morgan fingerprint density at radius 1 is 1.21 bits per heavy atom. The fourth-order valence-corrected chi connectivity index (χ4v) is 1.85. The first-order valence-electron chi connectivity index (χ1n) is 4.40. The second kappa shape index (κ2) is 3.58. The van der Waals surface area contributed by atoms with Crippen LogP contribution in [-0.4, -0.2) is 19.1 Å². The van der Waals surface area contributed by atoms with Crippen LogP contribution in [0.4, 0.5) is 5.69 Å². The van der Waals surface area contributed by atoms with Crippen molar-refractivity contribution < 1.29 is 0 Å². The van der Waals surface area contributed by atoms with Gasteiger partial charge >= 0.3 is 0 Å².